The van der Waals surface area contributed by atoms with E-state index in [1.54, 1.807) is 30.3 Å². The number of amides is 1. The van der Waals surface area contributed by atoms with Crippen molar-refractivity contribution in [2.24, 2.45) is 0 Å². The van der Waals surface area contributed by atoms with Crippen molar-refractivity contribution >= 4 is 28.9 Å². The number of anilines is 2. The lowest BCUT2D eigenvalue weighted by molar-refractivity contribution is -0.114. The van der Waals surface area contributed by atoms with Crippen LogP contribution in [0.25, 0.3) is 0 Å². The minimum atomic E-state index is -0.492. The molecule has 1 amide bonds. The van der Waals surface area contributed by atoms with Gasteiger partial charge in [0.05, 0.1) is 24.4 Å². The second kappa shape index (κ2) is 6.95. The molecule has 0 heterocycles. The van der Waals surface area contributed by atoms with E-state index in [0.717, 1.165) is 0 Å². The normalized spacial score (nSPS) is 10.0. The van der Waals surface area contributed by atoms with E-state index in [4.69, 9.17) is 16.3 Å². The fourth-order valence-corrected chi connectivity index (χ4v) is 1.90. The first-order valence-corrected chi connectivity index (χ1v) is 6.59. The molecule has 2 N–H and O–H groups in total. The highest BCUT2D eigenvalue weighted by Crippen LogP contribution is 2.21. The average Bonchev–Trinajstić information content (AvgIpc) is 2.48. The van der Waals surface area contributed by atoms with Gasteiger partial charge in [0.25, 0.3) is 0 Å². The Morgan fingerprint density at radius 3 is 2.71 bits per heavy atom. The zero-order valence-electron chi connectivity index (χ0n) is 11.3. The summed E-state index contributed by atoms with van der Waals surface area (Å²) < 4.78 is 18.3. The van der Waals surface area contributed by atoms with Crippen LogP contribution in [-0.2, 0) is 4.79 Å². The molecule has 110 valence electrons. The quantitative estimate of drug-likeness (QED) is 0.888. The fourth-order valence-electron chi connectivity index (χ4n) is 1.72. The van der Waals surface area contributed by atoms with Gasteiger partial charge < -0.3 is 15.4 Å². The summed E-state index contributed by atoms with van der Waals surface area (Å²) >= 11 is 5.94. The predicted molar refractivity (Wildman–Crippen MR) is 81.5 cm³/mol. The Kier molecular flexibility index (Phi) is 5.00. The van der Waals surface area contributed by atoms with Crippen LogP contribution in [0.3, 0.4) is 0 Å². The number of hydrogen-bond acceptors (Lipinski definition) is 3. The molecule has 0 bridgehead atoms. The van der Waals surface area contributed by atoms with Crippen LogP contribution < -0.4 is 15.4 Å². The van der Waals surface area contributed by atoms with E-state index in [0.29, 0.717) is 16.4 Å². The molecule has 21 heavy (non-hydrogen) atoms. The molecule has 0 spiro atoms. The lowest BCUT2D eigenvalue weighted by Crippen LogP contribution is -2.21. The number of rotatable bonds is 5. The van der Waals surface area contributed by atoms with Gasteiger partial charge in [0, 0.05) is 11.8 Å². The first-order chi connectivity index (χ1) is 10.1. The summed E-state index contributed by atoms with van der Waals surface area (Å²) in [6, 6.07) is 11.3. The van der Waals surface area contributed by atoms with Crippen molar-refractivity contribution in [3.63, 3.8) is 0 Å². The molecule has 4 nitrogen and oxygen atoms in total. The van der Waals surface area contributed by atoms with Crippen LogP contribution in [-0.4, -0.2) is 19.6 Å². The molecule has 0 fully saturated rings. The van der Waals surface area contributed by atoms with Crippen molar-refractivity contribution < 1.29 is 13.9 Å². The van der Waals surface area contributed by atoms with E-state index in [1.807, 2.05) is 0 Å². The first kappa shape index (κ1) is 15.1. The summed E-state index contributed by atoms with van der Waals surface area (Å²) in [4.78, 5) is 11.8. The van der Waals surface area contributed by atoms with Crippen LogP contribution in [0.1, 0.15) is 0 Å². The van der Waals surface area contributed by atoms with Gasteiger partial charge in [-0.05, 0) is 24.3 Å². The SMILES string of the molecule is COc1ccc(NCC(=O)Nc2ccccc2Cl)cc1F. The van der Waals surface area contributed by atoms with Crippen molar-refractivity contribution in [1.82, 2.24) is 0 Å². The number of carbonyl (C=O) groups excluding carboxylic acids is 1. The zero-order chi connectivity index (χ0) is 15.2. The molecule has 0 aromatic heterocycles. The molecule has 0 aliphatic rings. The number of benzene rings is 2. The number of methoxy groups -OCH3 is 1. The molecule has 0 aliphatic carbocycles. The van der Waals surface area contributed by atoms with Crippen molar-refractivity contribution in [2.75, 3.05) is 24.3 Å². The van der Waals surface area contributed by atoms with Gasteiger partial charge in [-0.15, -0.1) is 0 Å². The van der Waals surface area contributed by atoms with Crippen LogP contribution in [0, 0.1) is 5.82 Å². The summed E-state index contributed by atoms with van der Waals surface area (Å²) in [6.45, 7) is -0.00298. The van der Waals surface area contributed by atoms with Gasteiger partial charge in [-0.1, -0.05) is 23.7 Å². The number of nitrogens with one attached hydrogen (secondary N) is 2. The minimum Gasteiger partial charge on any atom is -0.494 e. The van der Waals surface area contributed by atoms with Gasteiger partial charge >= 0.3 is 0 Å². The lowest BCUT2D eigenvalue weighted by atomic mass is 10.3. The van der Waals surface area contributed by atoms with E-state index in [1.165, 1.54) is 19.2 Å². The molecule has 2 aromatic carbocycles. The van der Waals surface area contributed by atoms with Crippen molar-refractivity contribution in [2.45, 2.75) is 0 Å². The third-order valence-electron chi connectivity index (χ3n) is 2.75. The zero-order valence-corrected chi connectivity index (χ0v) is 12.1. The molecule has 0 atom stereocenters. The molecule has 0 unspecified atom stereocenters. The van der Waals surface area contributed by atoms with E-state index >= 15 is 0 Å². The second-order valence-electron chi connectivity index (χ2n) is 4.23. The van der Waals surface area contributed by atoms with Crippen LogP contribution in [0.2, 0.25) is 5.02 Å². The molecule has 6 heteroatoms. The van der Waals surface area contributed by atoms with Gasteiger partial charge in [0.15, 0.2) is 11.6 Å². The van der Waals surface area contributed by atoms with E-state index in [2.05, 4.69) is 10.6 Å². The maximum atomic E-state index is 13.5. The molecule has 0 radical (unpaired) electrons. The molecule has 0 saturated carbocycles. The Labute approximate surface area is 126 Å². The third kappa shape index (κ3) is 4.10. The third-order valence-corrected chi connectivity index (χ3v) is 3.08. The minimum absolute atomic E-state index is 0.00298. The first-order valence-electron chi connectivity index (χ1n) is 6.22. The highest BCUT2D eigenvalue weighted by Gasteiger charge is 2.07. The average molecular weight is 309 g/mol. The predicted octanol–water partition coefficient (Wildman–Crippen LogP) is 3.54. The number of halogens is 2. The molecule has 0 saturated heterocycles. The summed E-state index contributed by atoms with van der Waals surface area (Å²) in [7, 11) is 1.39. The Hall–Kier alpha value is -2.27. The van der Waals surface area contributed by atoms with Crippen LogP contribution in [0.4, 0.5) is 15.8 Å². The monoisotopic (exact) mass is 308 g/mol. The fraction of sp³-hybridized carbons (Fsp3) is 0.133. The second-order valence-corrected chi connectivity index (χ2v) is 4.64. The van der Waals surface area contributed by atoms with Gasteiger partial charge in [-0.3, -0.25) is 4.79 Å². The highest BCUT2D eigenvalue weighted by atomic mass is 35.5. The van der Waals surface area contributed by atoms with Crippen LogP contribution in [0.15, 0.2) is 42.5 Å². The topological polar surface area (TPSA) is 50.4 Å². The Balaban J connectivity index is 1.92. The molecule has 2 rings (SSSR count). The number of hydrogen-bond donors (Lipinski definition) is 2. The molecular formula is C15H14ClFN2O2. The largest absolute Gasteiger partial charge is 0.494 e. The van der Waals surface area contributed by atoms with Gasteiger partial charge in [0.1, 0.15) is 0 Å². The van der Waals surface area contributed by atoms with E-state index in [9.17, 15) is 9.18 Å². The van der Waals surface area contributed by atoms with Gasteiger partial charge in [-0.2, -0.15) is 0 Å². The van der Waals surface area contributed by atoms with E-state index in [-0.39, 0.29) is 18.2 Å². The summed E-state index contributed by atoms with van der Waals surface area (Å²) in [5.41, 5.74) is 1.02. The van der Waals surface area contributed by atoms with Gasteiger partial charge in [0.2, 0.25) is 5.91 Å². The smallest absolute Gasteiger partial charge is 0.243 e. The number of para-hydroxylation sites is 1. The lowest BCUT2D eigenvalue weighted by Gasteiger charge is -2.10. The summed E-state index contributed by atoms with van der Waals surface area (Å²) in [6.07, 6.45) is 0. The Morgan fingerprint density at radius 2 is 2.05 bits per heavy atom. The van der Waals surface area contributed by atoms with Crippen molar-refractivity contribution in [3.05, 3.63) is 53.3 Å². The van der Waals surface area contributed by atoms with Crippen LogP contribution >= 0.6 is 11.6 Å². The van der Waals surface area contributed by atoms with Crippen molar-refractivity contribution in [3.8, 4) is 5.75 Å². The molecule has 0 aliphatic heterocycles. The highest BCUT2D eigenvalue weighted by molar-refractivity contribution is 6.33. The Morgan fingerprint density at radius 1 is 1.29 bits per heavy atom. The van der Waals surface area contributed by atoms with E-state index < -0.39 is 5.82 Å². The summed E-state index contributed by atoms with van der Waals surface area (Å²) in [5, 5.41) is 5.95. The molecular weight excluding hydrogens is 295 g/mol. The van der Waals surface area contributed by atoms with Crippen LogP contribution in [0.5, 0.6) is 5.75 Å². The maximum Gasteiger partial charge on any atom is 0.243 e. The Bertz CT molecular complexity index is 649. The maximum absolute atomic E-state index is 13.5. The van der Waals surface area contributed by atoms with Crippen molar-refractivity contribution in [1.29, 1.82) is 0 Å². The molecule has 2 aromatic rings. The van der Waals surface area contributed by atoms with Gasteiger partial charge in [-0.25, -0.2) is 4.39 Å². The number of ether oxygens (including phenoxy) is 1. The summed E-state index contributed by atoms with van der Waals surface area (Å²) in [5.74, 6) is -0.616. The standard InChI is InChI=1S/C15H14ClFN2O2/c1-21-14-7-6-10(8-12(14)17)18-9-15(20)19-13-5-3-2-4-11(13)16/h2-8,18H,9H2,1H3,(H,19,20). The number of carbonyl (C=O) groups is 1.